The quantitative estimate of drug-likeness (QED) is 0.614. The third kappa shape index (κ3) is 1.26. The molecule has 1 rings (SSSR count). The van der Waals surface area contributed by atoms with Gasteiger partial charge in [0, 0.05) is 0 Å². The molecule has 0 N–H and O–H groups in total. The van der Waals surface area contributed by atoms with Gasteiger partial charge in [0.05, 0.1) is 0 Å². The first-order valence-electron chi connectivity index (χ1n) is 4.39. The predicted molar refractivity (Wildman–Crippen MR) is 62.6 cm³/mol. The van der Waals surface area contributed by atoms with Crippen LogP contribution in [0.4, 0.5) is 0 Å². The van der Waals surface area contributed by atoms with E-state index in [0.717, 1.165) is 32.7 Å². The van der Waals surface area contributed by atoms with Crippen molar-refractivity contribution in [3.05, 3.63) is 22.4 Å². The molecule has 0 spiro atoms. The molecular formula is C11H6O5SW. The van der Waals surface area contributed by atoms with Gasteiger partial charge in [-0.05, 0) is 0 Å². The third-order valence-corrected chi connectivity index (χ3v) is 18.0. The summed E-state index contributed by atoms with van der Waals surface area (Å²) in [5.41, 5.74) is 0. The molecule has 1 heterocycles. The van der Waals surface area contributed by atoms with Gasteiger partial charge in [-0.1, -0.05) is 0 Å². The summed E-state index contributed by atoms with van der Waals surface area (Å²) in [7, 11) is -7.27. The summed E-state index contributed by atoms with van der Waals surface area (Å²) in [6.07, 6.45) is 0. The fraction of sp³-hybridized carbons (Fsp3) is 0.0909. The van der Waals surface area contributed by atoms with Gasteiger partial charge in [0.2, 0.25) is 0 Å². The van der Waals surface area contributed by atoms with E-state index in [0.29, 0.717) is 0 Å². The number of hydrogen-bond acceptors (Lipinski definition) is 6. The normalized spacial score (nSPS) is 9.61. The van der Waals surface area contributed by atoms with Gasteiger partial charge in [-0.25, -0.2) is 0 Å². The van der Waals surface area contributed by atoms with Crippen LogP contribution in [-0.4, -0.2) is 25.2 Å². The molecule has 0 aromatic carbocycles. The predicted octanol–water partition coefficient (Wildman–Crippen LogP) is -0.150. The van der Waals surface area contributed by atoms with Gasteiger partial charge in [-0.3, -0.25) is 0 Å². The van der Waals surface area contributed by atoms with E-state index in [9.17, 15) is 24.0 Å². The Labute approximate surface area is 100 Å². The van der Waals surface area contributed by atoms with Crippen LogP contribution in [0.3, 0.4) is 0 Å². The Morgan fingerprint density at radius 2 is 1.44 bits per heavy atom. The van der Waals surface area contributed by atoms with Crippen LogP contribution in [0.2, 0.25) is 0 Å². The number of rotatable bonds is 1. The topological polar surface area (TPSA) is 85.3 Å². The fourth-order valence-corrected chi connectivity index (χ4v) is 9.58. The molecule has 0 unspecified atom stereocenters. The van der Waals surface area contributed by atoms with Gasteiger partial charge in [-0.2, -0.15) is 0 Å². The van der Waals surface area contributed by atoms with Crippen molar-refractivity contribution in [1.29, 1.82) is 0 Å². The zero-order valence-electron chi connectivity index (χ0n) is 9.09. The van der Waals surface area contributed by atoms with Crippen LogP contribution in [0.15, 0.2) is 17.5 Å². The van der Waals surface area contributed by atoms with Gasteiger partial charge >= 0.3 is 101 Å². The first-order chi connectivity index (χ1) is 8.44. The molecule has 18 heavy (non-hydrogen) atoms. The maximum absolute atomic E-state index is 11.2. The average molecular weight is 434 g/mol. The maximum atomic E-state index is 11.2. The second kappa shape index (κ2) is 3.83. The van der Waals surface area contributed by atoms with Crippen LogP contribution in [0.25, 0.3) is 0 Å². The summed E-state index contributed by atoms with van der Waals surface area (Å²) in [5, 5.41) is 1.59. The summed E-state index contributed by atoms with van der Waals surface area (Å²) < 4.78 is 4.98. The van der Waals surface area contributed by atoms with Gasteiger partial charge in [0.25, 0.3) is 0 Å². The third-order valence-electron chi connectivity index (χ3n) is 2.68. The zero-order chi connectivity index (χ0) is 13.9. The van der Waals surface area contributed by atoms with Crippen molar-refractivity contribution in [1.82, 2.24) is 0 Å². The second-order valence-electron chi connectivity index (χ2n) is 3.48. The first kappa shape index (κ1) is 14.2. The molecule has 0 bridgehead atoms. The minimum absolute atomic E-state index is 0.258. The molecule has 0 aliphatic heterocycles. The van der Waals surface area contributed by atoms with Gasteiger partial charge in [-0.15, -0.1) is 0 Å². The Morgan fingerprint density at radius 1 is 1.00 bits per heavy atom. The van der Waals surface area contributed by atoms with Crippen LogP contribution in [-0.2, 0) is 34.8 Å². The monoisotopic (exact) mass is 434 g/mol. The van der Waals surface area contributed by atoms with E-state index in [1.165, 1.54) is 13.0 Å². The van der Waals surface area contributed by atoms with Crippen molar-refractivity contribution in [2.45, 2.75) is 6.92 Å². The van der Waals surface area contributed by atoms with E-state index in [1.54, 1.807) is 11.4 Å². The molecule has 0 saturated carbocycles. The zero-order valence-corrected chi connectivity index (χ0v) is 12.8. The van der Waals surface area contributed by atoms with E-state index < -0.39 is 10.8 Å². The molecule has 1 aromatic rings. The molecular weight excluding hydrogens is 428 g/mol. The van der Waals surface area contributed by atoms with Crippen LogP contribution < -0.4 is 0 Å². The van der Waals surface area contributed by atoms with Crippen molar-refractivity contribution in [2.24, 2.45) is 0 Å². The van der Waals surface area contributed by atoms with Gasteiger partial charge in [0.15, 0.2) is 0 Å². The summed E-state index contributed by atoms with van der Waals surface area (Å²) in [5.74, 6) is 0. The van der Waals surface area contributed by atoms with Crippen molar-refractivity contribution in [3.63, 3.8) is 0 Å². The Balaban J connectivity index is 5.43. The standard InChI is InChI=1S/C6H6S.5CO.W/c1-2-6-4-3-5-7-6;5*1-2;/h3-5H,1H3;;;;;;. The van der Waals surface area contributed by atoms with Crippen molar-refractivity contribution >= 4 is 36.6 Å². The van der Waals surface area contributed by atoms with Crippen molar-refractivity contribution < 1.29 is 34.8 Å². The molecule has 1 aromatic heterocycles. The molecule has 0 fully saturated rings. The van der Waals surface area contributed by atoms with Crippen LogP contribution in [0.1, 0.15) is 11.8 Å². The van der Waals surface area contributed by atoms with E-state index in [4.69, 9.17) is 0 Å². The van der Waals surface area contributed by atoms with Crippen LogP contribution >= 0.6 is 11.3 Å². The summed E-state index contributed by atoms with van der Waals surface area (Å²) in [6.45, 7) is 1.17. The Hall–Kier alpha value is -1.84. The SMILES string of the molecule is C[C](c1cccs1)=[W](=[C]=O)(=[C]=O)(=[C]=O)(=[C]=O)=[C]=O. The molecule has 0 saturated heterocycles. The van der Waals surface area contributed by atoms with Gasteiger partial charge < -0.3 is 0 Å². The molecule has 0 amide bonds. The van der Waals surface area contributed by atoms with Crippen molar-refractivity contribution in [2.75, 3.05) is 0 Å². The van der Waals surface area contributed by atoms with E-state index in [2.05, 4.69) is 0 Å². The molecule has 0 aliphatic carbocycles. The molecule has 0 aliphatic rings. The van der Waals surface area contributed by atoms with Crippen LogP contribution in [0, 0.1) is 0 Å². The molecule has 7 heteroatoms. The number of thiophene rings is 1. The fourth-order valence-electron chi connectivity index (χ4n) is 1.21. The Morgan fingerprint density at radius 3 is 1.72 bits per heavy atom. The summed E-state index contributed by atoms with van der Waals surface area (Å²) in [4.78, 5) is 56.4. The summed E-state index contributed by atoms with van der Waals surface area (Å²) in [6, 6.07) is 3.02. The first-order valence-corrected chi connectivity index (χ1v) is 14.1. The van der Waals surface area contributed by atoms with E-state index in [1.807, 2.05) is 0 Å². The summed E-state index contributed by atoms with van der Waals surface area (Å²) >= 11 is 1.05. The Kier molecular flexibility index (Phi) is 3.03. The average Bonchev–Trinajstić information content (AvgIpc) is 2.98. The van der Waals surface area contributed by atoms with E-state index in [-0.39, 0.29) is 8.78 Å². The second-order valence-corrected chi connectivity index (χ2v) is 20.6. The van der Waals surface area contributed by atoms with Crippen molar-refractivity contribution in [3.8, 4) is 0 Å². The van der Waals surface area contributed by atoms with E-state index >= 15 is 0 Å². The number of carbonyl (C=O) groups excluding carboxylic acids is 5. The molecule has 0 radical (unpaired) electrons. The minimum atomic E-state index is -7.27. The molecule has 92 valence electrons. The van der Waals surface area contributed by atoms with Gasteiger partial charge in [0.1, 0.15) is 0 Å². The number of hydrogen-bond donors (Lipinski definition) is 0. The Bertz CT molecular complexity index is 1110. The van der Waals surface area contributed by atoms with Crippen LogP contribution in [0.5, 0.6) is 0 Å². The molecule has 0 atom stereocenters. The molecule has 5 nitrogen and oxygen atoms in total.